The fourth-order valence-electron chi connectivity index (χ4n) is 3.08. The van der Waals surface area contributed by atoms with E-state index in [1.807, 2.05) is 36.1 Å². The molecule has 1 saturated heterocycles. The third kappa shape index (κ3) is 3.68. The minimum Gasteiger partial charge on any atom is -0.335 e. The van der Waals surface area contributed by atoms with Gasteiger partial charge in [0.05, 0.1) is 11.9 Å². The zero-order valence-electron chi connectivity index (χ0n) is 14.7. The van der Waals surface area contributed by atoms with Crippen molar-refractivity contribution in [2.75, 3.05) is 26.2 Å². The molecule has 7 heteroatoms. The molecule has 1 aliphatic heterocycles. The van der Waals surface area contributed by atoms with E-state index in [2.05, 4.69) is 32.7 Å². The summed E-state index contributed by atoms with van der Waals surface area (Å²) < 4.78 is 1.65. The summed E-state index contributed by atoms with van der Waals surface area (Å²) in [5, 5.41) is 10.3. The molecule has 1 fully saturated rings. The first-order valence-corrected chi connectivity index (χ1v) is 9.60. The lowest BCUT2D eigenvalue weighted by molar-refractivity contribution is 0.0624. The molecule has 26 heavy (non-hydrogen) atoms. The van der Waals surface area contributed by atoms with E-state index in [4.69, 9.17) is 0 Å². The maximum atomic E-state index is 12.7. The zero-order valence-corrected chi connectivity index (χ0v) is 15.5. The third-order valence-electron chi connectivity index (χ3n) is 4.63. The predicted molar refractivity (Wildman–Crippen MR) is 102 cm³/mol. The van der Waals surface area contributed by atoms with Crippen molar-refractivity contribution in [1.82, 2.24) is 24.8 Å². The quantitative estimate of drug-likeness (QED) is 0.711. The van der Waals surface area contributed by atoms with E-state index in [1.54, 1.807) is 22.2 Å². The van der Waals surface area contributed by atoms with Gasteiger partial charge in [0, 0.05) is 37.6 Å². The van der Waals surface area contributed by atoms with Crippen LogP contribution in [0.2, 0.25) is 0 Å². The van der Waals surface area contributed by atoms with Crippen LogP contribution in [0.25, 0.3) is 5.69 Å². The highest BCUT2D eigenvalue weighted by molar-refractivity contribution is 7.09. The number of carbonyl (C=O) groups is 1. The van der Waals surface area contributed by atoms with E-state index in [0.29, 0.717) is 5.69 Å². The number of thiophene rings is 1. The summed E-state index contributed by atoms with van der Waals surface area (Å²) in [5.41, 5.74) is 2.49. The van der Waals surface area contributed by atoms with Gasteiger partial charge in [-0.05, 0) is 30.5 Å². The number of rotatable bonds is 4. The molecule has 0 aliphatic carbocycles. The molecule has 3 aromatic rings. The van der Waals surface area contributed by atoms with Gasteiger partial charge >= 0.3 is 0 Å². The highest BCUT2D eigenvalue weighted by Gasteiger charge is 2.24. The van der Waals surface area contributed by atoms with Crippen LogP contribution < -0.4 is 0 Å². The molecular weight excluding hydrogens is 346 g/mol. The first kappa shape index (κ1) is 16.9. The van der Waals surface area contributed by atoms with Crippen molar-refractivity contribution in [1.29, 1.82) is 0 Å². The highest BCUT2D eigenvalue weighted by atomic mass is 32.1. The van der Waals surface area contributed by atoms with Crippen LogP contribution in [0.5, 0.6) is 0 Å². The lowest BCUT2D eigenvalue weighted by Crippen LogP contribution is -2.48. The lowest BCUT2D eigenvalue weighted by atomic mass is 10.2. The SMILES string of the molecule is Cc1ccc(-n2cc(C(=O)N3CCN(Cc4cccs4)CC3)nn2)cc1. The van der Waals surface area contributed by atoms with E-state index in [-0.39, 0.29) is 5.91 Å². The zero-order chi connectivity index (χ0) is 17.9. The van der Waals surface area contributed by atoms with E-state index in [1.165, 1.54) is 10.4 Å². The summed E-state index contributed by atoms with van der Waals surface area (Å²) in [6.07, 6.45) is 1.71. The van der Waals surface area contributed by atoms with Crippen LogP contribution in [0, 0.1) is 6.92 Å². The van der Waals surface area contributed by atoms with E-state index in [0.717, 1.165) is 38.4 Å². The number of carbonyl (C=O) groups excluding carboxylic acids is 1. The average Bonchev–Trinajstić information content (AvgIpc) is 3.34. The van der Waals surface area contributed by atoms with Gasteiger partial charge in [-0.15, -0.1) is 16.4 Å². The summed E-state index contributed by atoms with van der Waals surface area (Å²) in [4.78, 5) is 18.3. The van der Waals surface area contributed by atoms with Crippen molar-refractivity contribution in [2.45, 2.75) is 13.5 Å². The highest BCUT2D eigenvalue weighted by Crippen LogP contribution is 2.15. The molecular formula is C19H21N5OS. The van der Waals surface area contributed by atoms with Crippen LogP contribution in [0.1, 0.15) is 20.9 Å². The molecule has 4 rings (SSSR count). The Kier molecular flexibility index (Phi) is 4.81. The molecule has 134 valence electrons. The van der Waals surface area contributed by atoms with Gasteiger partial charge in [-0.2, -0.15) is 0 Å². The fraction of sp³-hybridized carbons (Fsp3) is 0.316. The van der Waals surface area contributed by atoms with Crippen LogP contribution in [0.3, 0.4) is 0 Å². The molecule has 0 atom stereocenters. The molecule has 2 aromatic heterocycles. The molecule has 1 aromatic carbocycles. The summed E-state index contributed by atoms with van der Waals surface area (Å²) in [7, 11) is 0. The van der Waals surface area contributed by atoms with Gasteiger partial charge in [0.1, 0.15) is 0 Å². The molecule has 0 N–H and O–H groups in total. The van der Waals surface area contributed by atoms with Gasteiger partial charge in [-0.25, -0.2) is 4.68 Å². The number of nitrogens with zero attached hydrogens (tertiary/aromatic N) is 5. The lowest BCUT2D eigenvalue weighted by Gasteiger charge is -2.34. The smallest absolute Gasteiger partial charge is 0.276 e. The van der Waals surface area contributed by atoms with Gasteiger partial charge < -0.3 is 4.90 Å². The van der Waals surface area contributed by atoms with Gasteiger partial charge in [-0.1, -0.05) is 29.0 Å². The maximum absolute atomic E-state index is 12.7. The number of hydrogen-bond donors (Lipinski definition) is 0. The molecule has 3 heterocycles. The Bertz CT molecular complexity index is 864. The van der Waals surface area contributed by atoms with Crippen LogP contribution in [0.4, 0.5) is 0 Å². The number of piperazine rings is 1. The second-order valence-electron chi connectivity index (χ2n) is 6.53. The van der Waals surface area contributed by atoms with Crippen LogP contribution in [-0.2, 0) is 6.54 Å². The average molecular weight is 367 g/mol. The summed E-state index contributed by atoms with van der Waals surface area (Å²) >= 11 is 1.78. The van der Waals surface area contributed by atoms with Crippen LogP contribution in [0.15, 0.2) is 48.0 Å². The van der Waals surface area contributed by atoms with Gasteiger partial charge in [0.15, 0.2) is 5.69 Å². The number of amides is 1. The minimum absolute atomic E-state index is 0.0425. The Hall–Kier alpha value is -2.51. The number of benzene rings is 1. The first-order chi connectivity index (χ1) is 12.7. The number of hydrogen-bond acceptors (Lipinski definition) is 5. The maximum Gasteiger partial charge on any atom is 0.276 e. The monoisotopic (exact) mass is 367 g/mol. The Labute approximate surface area is 156 Å². The molecule has 0 radical (unpaired) electrons. The predicted octanol–water partition coefficient (Wildman–Crippen LogP) is 2.60. The van der Waals surface area contributed by atoms with Crippen molar-refractivity contribution in [2.24, 2.45) is 0 Å². The van der Waals surface area contributed by atoms with Crippen molar-refractivity contribution in [3.8, 4) is 5.69 Å². The Morgan fingerprint density at radius 3 is 2.58 bits per heavy atom. The largest absolute Gasteiger partial charge is 0.335 e. The second-order valence-corrected chi connectivity index (χ2v) is 7.56. The molecule has 0 bridgehead atoms. The van der Waals surface area contributed by atoms with E-state index >= 15 is 0 Å². The third-order valence-corrected chi connectivity index (χ3v) is 5.49. The summed E-state index contributed by atoms with van der Waals surface area (Å²) in [5.74, 6) is -0.0425. The summed E-state index contributed by atoms with van der Waals surface area (Å²) in [6.45, 7) is 6.22. The van der Waals surface area contributed by atoms with Crippen molar-refractivity contribution in [3.05, 3.63) is 64.1 Å². The van der Waals surface area contributed by atoms with Crippen LogP contribution >= 0.6 is 11.3 Å². The van der Waals surface area contributed by atoms with Crippen molar-refractivity contribution in [3.63, 3.8) is 0 Å². The van der Waals surface area contributed by atoms with Gasteiger partial charge in [0.25, 0.3) is 5.91 Å². The van der Waals surface area contributed by atoms with Crippen molar-refractivity contribution < 1.29 is 4.79 Å². The van der Waals surface area contributed by atoms with Crippen molar-refractivity contribution >= 4 is 17.2 Å². The molecule has 0 saturated carbocycles. The normalized spacial score (nSPS) is 15.3. The minimum atomic E-state index is -0.0425. The Balaban J connectivity index is 1.37. The molecule has 0 spiro atoms. The van der Waals surface area contributed by atoms with E-state index in [9.17, 15) is 4.79 Å². The molecule has 1 amide bonds. The number of aromatic nitrogens is 3. The second kappa shape index (κ2) is 7.39. The molecule has 6 nitrogen and oxygen atoms in total. The van der Waals surface area contributed by atoms with Crippen LogP contribution in [-0.4, -0.2) is 56.9 Å². The van der Waals surface area contributed by atoms with Gasteiger partial charge in [-0.3, -0.25) is 9.69 Å². The van der Waals surface area contributed by atoms with Gasteiger partial charge in [0.2, 0.25) is 0 Å². The van der Waals surface area contributed by atoms with E-state index < -0.39 is 0 Å². The first-order valence-electron chi connectivity index (χ1n) is 8.72. The summed E-state index contributed by atoms with van der Waals surface area (Å²) in [6, 6.07) is 12.2. The molecule has 0 unspecified atom stereocenters. The number of aryl methyl sites for hydroxylation is 1. The Morgan fingerprint density at radius 2 is 1.88 bits per heavy atom. The Morgan fingerprint density at radius 1 is 1.12 bits per heavy atom. The molecule has 1 aliphatic rings. The standard InChI is InChI=1S/C19H21N5OS/c1-15-4-6-16(7-5-15)24-14-18(20-21-24)19(25)23-10-8-22(9-11-23)13-17-3-2-12-26-17/h2-7,12,14H,8-11,13H2,1H3. The fourth-order valence-corrected chi connectivity index (χ4v) is 3.83. The topological polar surface area (TPSA) is 54.3 Å².